The molecule has 3 aromatic rings. The van der Waals surface area contributed by atoms with E-state index < -0.39 is 28.3 Å². The van der Waals surface area contributed by atoms with E-state index in [-0.39, 0.29) is 17.0 Å². The molecule has 0 bridgehead atoms. The Morgan fingerprint density at radius 2 is 1.77 bits per heavy atom. The van der Waals surface area contributed by atoms with Crippen molar-refractivity contribution < 1.29 is 22.3 Å². The highest BCUT2D eigenvalue weighted by Crippen LogP contribution is 2.22. The number of hydrogen-bond donors (Lipinski definition) is 1. The zero-order chi connectivity index (χ0) is 22.4. The van der Waals surface area contributed by atoms with Crippen LogP contribution in [0.3, 0.4) is 0 Å². The van der Waals surface area contributed by atoms with Crippen molar-refractivity contribution in [3.63, 3.8) is 0 Å². The Kier molecular flexibility index (Phi) is 7.27. The van der Waals surface area contributed by atoms with Crippen molar-refractivity contribution in [3.8, 4) is 5.75 Å². The fourth-order valence-corrected chi connectivity index (χ4v) is 4.36. The molecule has 0 radical (unpaired) electrons. The van der Waals surface area contributed by atoms with Gasteiger partial charge in [0.2, 0.25) is 15.9 Å². The first-order valence-corrected chi connectivity index (χ1v) is 11.0. The van der Waals surface area contributed by atoms with Crippen LogP contribution < -0.4 is 10.1 Å². The van der Waals surface area contributed by atoms with Gasteiger partial charge in [-0.15, -0.1) is 0 Å². The average molecular weight is 463 g/mol. The zero-order valence-corrected chi connectivity index (χ0v) is 18.2. The van der Waals surface area contributed by atoms with Gasteiger partial charge in [-0.3, -0.25) is 4.79 Å². The maximum Gasteiger partial charge on any atom is 0.243 e. The van der Waals surface area contributed by atoms with Crippen LogP contribution in [0, 0.1) is 5.82 Å². The number of sulfonamides is 1. The molecule has 31 heavy (non-hydrogen) atoms. The number of carbonyl (C=O) groups is 1. The number of nitrogens with one attached hydrogen (secondary N) is 1. The van der Waals surface area contributed by atoms with Crippen LogP contribution in [0.5, 0.6) is 5.75 Å². The Morgan fingerprint density at radius 3 is 2.45 bits per heavy atom. The Hall–Kier alpha value is -2.94. The van der Waals surface area contributed by atoms with Crippen LogP contribution in [0.25, 0.3) is 0 Å². The van der Waals surface area contributed by atoms with Crippen molar-refractivity contribution in [2.45, 2.75) is 11.4 Å². The quantitative estimate of drug-likeness (QED) is 0.541. The molecule has 0 unspecified atom stereocenters. The van der Waals surface area contributed by atoms with Crippen LogP contribution >= 0.6 is 11.6 Å². The summed E-state index contributed by atoms with van der Waals surface area (Å²) in [6.07, 6.45) is 0. The molecule has 0 aliphatic rings. The first-order chi connectivity index (χ1) is 14.8. The molecular weight excluding hydrogens is 443 g/mol. The molecule has 0 saturated heterocycles. The van der Waals surface area contributed by atoms with E-state index in [4.69, 9.17) is 16.3 Å². The van der Waals surface area contributed by atoms with E-state index in [0.29, 0.717) is 16.5 Å². The molecule has 3 aromatic carbocycles. The molecule has 0 fully saturated rings. The third-order valence-corrected chi connectivity index (χ3v) is 6.49. The minimum absolute atomic E-state index is 0.0533. The van der Waals surface area contributed by atoms with Gasteiger partial charge in [0.05, 0.1) is 18.6 Å². The van der Waals surface area contributed by atoms with Crippen LogP contribution in [0.2, 0.25) is 5.02 Å². The van der Waals surface area contributed by atoms with Crippen molar-refractivity contribution in [1.82, 2.24) is 4.31 Å². The van der Waals surface area contributed by atoms with Crippen molar-refractivity contribution in [3.05, 3.63) is 89.2 Å². The summed E-state index contributed by atoms with van der Waals surface area (Å²) >= 11 is 5.86. The molecule has 1 N–H and O–H groups in total. The molecule has 0 heterocycles. The monoisotopic (exact) mass is 462 g/mol. The van der Waals surface area contributed by atoms with Crippen molar-refractivity contribution in [2.24, 2.45) is 0 Å². The lowest BCUT2D eigenvalue weighted by molar-refractivity contribution is -0.116. The van der Waals surface area contributed by atoms with Crippen LogP contribution in [-0.2, 0) is 21.4 Å². The van der Waals surface area contributed by atoms with Crippen LogP contribution in [0.1, 0.15) is 5.56 Å². The van der Waals surface area contributed by atoms with E-state index in [9.17, 15) is 17.6 Å². The minimum Gasteiger partial charge on any atom is -0.497 e. The van der Waals surface area contributed by atoms with E-state index >= 15 is 0 Å². The number of halogens is 2. The maximum absolute atomic E-state index is 14.2. The zero-order valence-electron chi connectivity index (χ0n) is 16.6. The van der Waals surface area contributed by atoms with Crippen molar-refractivity contribution >= 4 is 33.2 Å². The van der Waals surface area contributed by atoms with E-state index in [1.807, 2.05) is 0 Å². The second kappa shape index (κ2) is 9.91. The van der Waals surface area contributed by atoms with E-state index in [2.05, 4.69) is 5.32 Å². The number of carbonyl (C=O) groups excluding carboxylic acids is 1. The fraction of sp³-hybridized carbons (Fsp3) is 0.136. The molecule has 162 valence electrons. The van der Waals surface area contributed by atoms with Gasteiger partial charge >= 0.3 is 0 Å². The third kappa shape index (κ3) is 5.81. The van der Waals surface area contributed by atoms with Crippen molar-refractivity contribution in [1.29, 1.82) is 0 Å². The highest BCUT2D eigenvalue weighted by Gasteiger charge is 2.28. The number of rotatable bonds is 8. The predicted molar refractivity (Wildman–Crippen MR) is 117 cm³/mol. The Morgan fingerprint density at radius 1 is 1.06 bits per heavy atom. The number of methoxy groups -OCH3 is 1. The Bertz CT molecular complexity index is 1170. The highest BCUT2D eigenvalue weighted by atomic mass is 35.5. The summed E-state index contributed by atoms with van der Waals surface area (Å²) in [5.74, 6) is -0.607. The normalized spacial score (nSPS) is 11.4. The summed E-state index contributed by atoms with van der Waals surface area (Å²) in [4.78, 5) is 12.6. The summed E-state index contributed by atoms with van der Waals surface area (Å²) in [5, 5.41) is 3.01. The largest absolute Gasteiger partial charge is 0.497 e. The maximum atomic E-state index is 14.2. The smallest absolute Gasteiger partial charge is 0.243 e. The predicted octanol–water partition coefficient (Wildman–Crippen LogP) is 4.32. The number of nitrogens with zero attached hydrogens (tertiary/aromatic N) is 1. The second-order valence-corrected chi connectivity index (χ2v) is 8.97. The molecule has 9 heteroatoms. The van der Waals surface area contributed by atoms with Crippen LogP contribution in [-0.4, -0.2) is 32.3 Å². The van der Waals surface area contributed by atoms with Crippen LogP contribution in [0.15, 0.2) is 77.7 Å². The van der Waals surface area contributed by atoms with Gasteiger partial charge in [-0.25, -0.2) is 12.8 Å². The summed E-state index contributed by atoms with van der Waals surface area (Å²) in [7, 11) is -2.61. The van der Waals surface area contributed by atoms with Gasteiger partial charge in [0, 0.05) is 28.9 Å². The fourth-order valence-electron chi connectivity index (χ4n) is 2.86. The van der Waals surface area contributed by atoms with Gasteiger partial charge in [0.1, 0.15) is 11.6 Å². The van der Waals surface area contributed by atoms with Crippen LogP contribution in [0.4, 0.5) is 10.1 Å². The summed E-state index contributed by atoms with van der Waals surface area (Å²) in [6, 6.07) is 18.0. The average Bonchev–Trinajstić information content (AvgIpc) is 2.75. The molecule has 3 rings (SSSR count). The molecule has 6 nitrogen and oxygen atoms in total. The number of hydrogen-bond acceptors (Lipinski definition) is 4. The number of ether oxygens (including phenoxy) is 1. The Labute approximate surface area is 185 Å². The number of amides is 1. The van der Waals surface area contributed by atoms with Gasteiger partial charge in [0.15, 0.2) is 0 Å². The standard InChI is InChI=1S/C22H20ClFN2O4S/c1-30-19-7-4-6-18(13-19)25-22(27)15-26(14-16-5-2-3-8-21(16)24)31(28,29)20-11-9-17(23)10-12-20/h2-13H,14-15H2,1H3,(H,25,27). The lowest BCUT2D eigenvalue weighted by Crippen LogP contribution is -2.37. The third-order valence-electron chi connectivity index (χ3n) is 4.43. The molecule has 0 saturated carbocycles. The van der Waals surface area contributed by atoms with E-state index in [1.165, 1.54) is 49.6 Å². The molecule has 0 aliphatic carbocycles. The molecule has 0 spiro atoms. The van der Waals surface area contributed by atoms with Gasteiger partial charge in [0.25, 0.3) is 0 Å². The summed E-state index contributed by atoms with van der Waals surface area (Å²) in [6.45, 7) is -0.834. The van der Waals surface area contributed by atoms with Gasteiger partial charge in [-0.2, -0.15) is 4.31 Å². The topological polar surface area (TPSA) is 75.7 Å². The Balaban J connectivity index is 1.88. The number of benzene rings is 3. The van der Waals surface area contributed by atoms with Gasteiger partial charge < -0.3 is 10.1 Å². The molecule has 0 aliphatic heterocycles. The van der Waals surface area contributed by atoms with E-state index in [0.717, 1.165) is 4.31 Å². The molecule has 0 atom stereocenters. The summed E-state index contributed by atoms with van der Waals surface area (Å²) < 4.78 is 46.7. The first kappa shape index (κ1) is 22.7. The molecular formula is C22H20ClFN2O4S. The molecule has 0 aromatic heterocycles. The van der Waals surface area contributed by atoms with Gasteiger partial charge in [-0.1, -0.05) is 35.9 Å². The lowest BCUT2D eigenvalue weighted by atomic mass is 10.2. The first-order valence-electron chi connectivity index (χ1n) is 9.22. The summed E-state index contributed by atoms with van der Waals surface area (Å²) in [5.41, 5.74) is 0.591. The minimum atomic E-state index is -4.11. The molecule has 1 amide bonds. The lowest BCUT2D eigenvalue weighted by Gasteiger charge is -2.22. The highest BCUT2D eigenvalue weighted by molar-refractivity contribution is 7.89. The second-order valence-electron chi connectivity index (χ2n) is 6.60. The van der Waals surface area contributed by atoms with E-state index in [1.54, 1.807) is 30.3 Å². The van der Waals surface area contributed by atoms with Gasteiger partial charge in [-0.05, 0) is 42.5 Å². The number of anilines is 1. The van der Waals surface area contributed by atoms with Crippen molar-refractivity contribution in [2.75, 3.05) is 19.0 Å². The SMILES string of the molecule is COc1cccc(NC(=O)CN(Cc2ccccc2F)S(=O)(=O)c2ccc(Cl)cc2)c1.